The number of carbonyl (C=O) groups is 1. The van der Waals surface area contributed by atoms with Crippen molar-refractivity contribution in [3.05, 3.63) is 41.1 Å². The molecule has 1 N–H and O–H groups in total. The molecule has 2 heterocycles. The molecule has 0 aliphatic carbocycles. The Kier molecular flexibility index (Phi) is 3.55. The number of amides is 1. The minimum absolute atomic E-state index is 0.201. The lowest BCUT2D eigenvalue weighted by Crippen LogP contribution is -2.09. The molecule has 1 amide bonds. The summed E-state index contributed by atoms with van der Waals surface area (Å²) in [6, 6.07) is 3.67. The number of nitrogens with one attached hydrogen (secondary N) is 1. The van der Waals surface area contributed by atoms with Crippen LogP contribution < -0.4 is 5.32 Å². The third kappa shape index (κ3) is 2.93. The van der Waals surface area contributed by atoms with Gasteiger partial charge >= 0.3 is 0 Å². The highest BCUT2D eigenvalue weighted by molar-refractivity contribution is 6.02. The van der Waals surface area contributed by atoms with Crippen molar-refractivity contribution in [1.82, 2.24) is 9.78 Å². The van der Waals surface area contributed by atoms with E-state index in [4.69, 9.17) is 4.42 Å². The number of aromatic nitrogens is 2. The standard InChI is InChI=1S/C14H17N3O2/c1-9-5-6-12(19-9)7-8-13(18)15-14-10(2)16-17(4)11(14)3/h5-8H,1-4H3,(H,15,18)/b8-7+. The summed E-state index contributed by atoms with van der Waals surface area (Å²) in [6.07, 6.45) is 3.09. The van der Waals surface area contributed by atoms with Crippen molar-refractivity contribution in [1.29, 1.82) is 0 Å². The molecule has 5 heteroatoms. The molecule has 0 saturated carbocycles. The Morgan fingerprint density at radius 3 is 2.63 bits per heavy atom. The number of furan rings is 1. The lowest BCUT2D eigenvalue weighted by Gasteiger charge is -2.01. The maximum absolute atomic E-state index is 11.8. The molecule has 2 aromatic heterocycles. The van der Waals surface area contributed by atoms with E-state index in [0.29, 0.717) is 5.76 Å². The zero-order valence-corrected chi connectivity index (χ0v) is 11.5. The van der Waals surface area contributed by atoms with Gasteiger partial charge < -0.3 is 9.73 Å². The molecule has 0 fully saturated rings. The Hall–Kier alpha value is -2.30. The number of hydrogen-bond acceptors (Lipinski definition) is 3. The highest BCUT2D eigenvalue weighted by Gasteiger charge is 2.10. The van der Waals surface area contributed by atoms with Crippen LogP contribution in [0.4, 0.5) is 5.69 Å². The summed E-state index contributed by atoms with van der Waals surface area (Å²) < 4.78 is 7.09. The van der Waals surface area contributed by atoms with Crippen molar-refractivity contribution in [3.8, 4) is 0 Å². The molecule has 0 bridgehead atoms. The van der Waals surface area contributed by atoms with Crippen LogP contribution >= 0.6 is 0 Å². The Morgan fingerprint density at radius 2 is 2.11 bits per heavy atom. The Bertz CT molecular complexity index is 635. The van der Waals surface area contributed by atoms with Gasteiger partial charge in [0.1, 0.15) is 11.5 Å². The van der Waals surface area contributed by atoms with E-state index in [0.717, 1.165) is 22.8 Å². The van der Waals surface area contributed by atoms with Gasteiger partial charge in [-0.1, -0.05) is 0 Å². The van der Waals surface area contributed by atoms with E-state index in [9.17, 15) is 4.79 Å². The molecule has 5 nitrogen and oxygen atoms in total. The SMILES string of the molecule is Cc1ccc(/C=C/C(=O)Nc2c(C)nn(C)c2C)o1. The first-order valence-electron chi connectivity index (χ1n) is 6.03. The van der Waals surface area contributed by atoms with Crippen molar-refractivity contribution in [2.75, 3.05) is 5.32 Å². The zero-order valence-electron chi connectivity index (χ0n) is 11.5. The lowest BCUT2D eigenvalue weighted by atomic mass is 10.3. The van der Waals surface area contributed by atoms with Gasteiger partial charge in [-0.05, 0) is 39.0 Å². The second-order valence-electron chi connectivity index (χ2n) is 4.44. The van der Waals surface area contributed by atoms with Gasteiger partial charge in [0, 0.05) is 13.1 Å². The van der Waals surface area contributed by atoms with Crippen LogP contribution in [0.2, 0.25) is 0 Å². The largest absolute Gasteiger partial charge is 0.462 e. The molecule has 0 radical (unpaired) electrons. The molecule has 0 spiro atoms. The summed E-state index contributed by atoms with van der Waals surface area (Å²) >= 11 is 0. The average Bonchev–Trinajstić information content (AvgIpc) is 2.86. The molecule has 0 aliphatic rings. The van der Waals surface area contributed by atoms with E-state index in [2.05, 4.69) is 10.4 Å². The quantitative estimate of drug-likeness (QED) is 0.862. The molecule has 0 saturated heterocycles. The van der Waals surface area contributed by atoms with Gasteiger partial charge in [0.25, 0.3) is 0 Å². The molecule has 0 aliphatic heterocycles. The van der Waals surface area contributed by atoms with Crippen LogP contribution in [0.15, 0.2) is 22.6 Å². The van der Waals surface area contributed by atoms with Crippen molar-refractivity contribution in [2.45, 2.75) is 20.8 Å². The number of aryl methyl sites for hydroxylation is 3. The van der Waals surface area contributed by atoms with Gasteiger partial charge in [-0.15, -0.1) is 0 Å². The minimum atomic E-state index is -0.201. The first-order valence-corrected chi connectivity index (χ1v) is 6.03. The number of rotatable bonds is 3. The van der Waals surface area contributed by atoms with Crippen LogP contribution in [0.3, 0.4) is 0 Å². The minimum Gasteiger partial charge on any atom is -0.462 e. The zero-order chi connectivity index (χ0) is 14.0. The number of hydrogen-bond donors (Lipinski definition) is 1. The highest BCUT2D eigenvalue weighted by atomic mass is 16.3. The van der Waals surface area contributed by atoms with E-state index in [1.54, 1.807) is 10.8 Å². The third-order valence-corrected chi connectivity index (χ3v) is 2.92. The van der Waals surface area contributed by atoms with Crippen molar-refractivity contribution in [2.24, 2.45) is 7.05 Å². The maximum Gasteiger partial charge on any atom is 0.248 e. The fraction of sp³-hybridized carbons (Fsp3) is 0.286. The second kappa shape index (κ2) is 5.14. The summed E-state index contributed by atoms with van der Waals surface area (Å²) in [5.74, 6) is 1.28. The molecule has 0 aromatic carbocycles. The van der Waals surface area contributed by atoms with Gasteiger partial charge in [0.2, 0.25) is 5.91 Å². The summed E-state index contributed by atoms with van der Waals surface area (Å²) in [7, 11) is 1.85. The van der Waals surface area contributed by atoms with Crippen LogP contribution in [-0.2, 0) is 11.8 Å². The number of anilines is 1. The van der Waals surface area contributed by atoms with Gasteiger partial charge in [-0.3, -0.25) is 9.48 Å². The van der Waals surface area contributed by atoms with Gasteiger partial charge in [-0.25, -0.2) is 0 Å². The van der Waals surface area contributed by atoms with Crippen molar-refractivity contribution in [3.63, 3.8) is 0 Å². The van der Waals surface area contributed by atoms with Crippen molar-refractivity contribution >= 4 is 17.7 Å². The van der Waals surface area contributed by atoms with Gasteiger partial charge in [0.05, 0.1) is 17.1 Å². The van der Waals surface area contributed by atoms with Crippen LogP contribution in [0.25, 0.3) is 6.08 Å². The van der Waals surface area contributed by atoms with E-state index in [1.165, 1.54) is 6.08 Å². The van der Waals surface area contributed by atoms with Crippen LogP contribution in [-0.4, -0.2) is 15.7 Å². The molecule has 2 rings (SSSR count). The van der Waals surface area contributed by atoms with Crippen molar-refractivity contribution < 1.29 is 9.21 Å². The Morgan fingerprint density at radius 1 is 1.37 bits per heavy atom. The molecular formula is C14H17N3O2. The third-order valence-electron chi connectivity index (χ3n) is 2.92. The van der Waals surface area contributed by atoms with Gasteiger partial charge in [0.15, 0.2) is 0 Å². The molecular weight excluding hydrogens is 242 g/mol. The summed E-state index contributed by atoms with van der Waals surface area (Å²) in [5, 5.41) is 7.07. The molecule has 19 heavy (non-hydrogen) atoms. The average molecular weight is 259 g/mol. The predicted octanol–water partition coefficient (Wildman–Crippen LogP) is 2.59. The first kappa shape index (κ1) is 13.1. The van der Waals surface area contributed by atoms with E-state index >= 15 is 0 Å². The van der Waals surface area contributed by atoms with E-state index in [-0.39, 0.29) is 5.91 Å². The van der Waals surface area contributed by atoms with Crippen LogP contribution in [0, 0.1) is 20.8 Å². The Balaban J connectivity index is 2.07. The molecule has 0 unspecified atom stereocenters. The monoisotopic (exact) mass is 259 g/mol. The summed E-state index contributed by atoms with van der Waals surface area (Å²) in [4.78, 5) is 11.8. The lowest BCUT2D eigenvalue weighted by molar-refractivity contribution is -0.111. The smallest absolute Gasteiger partial charge is 0.248 e. The predicted molar refractivity (Wildman–Crippen MR) is 73.8 cm³/mol. The Labute approximate surface area is 111 Å². The van der Waals surface area contributed by atoms with Crippen LogP contribution in [0.1, 0.15) is 22.9 Å². The molecule has 0 atom stereocenters. The first-order chi connectivity index (χ1) is 8.97. The summed E-state index contributed by atoms with van der Waals surface area (Å²) in [6.45, 7) is 5.64. The maximum atomic E-state index is 11.8. The second-order valence-corrected chi connectivity index (χ2v) is 4.44. The molecule has 2 aromatic rings. The normalized spacial score (nSPS) is 11.2. The van der Waals surface area contributed by atoms with Gasteiger partial charge in [-0.2, -0.15) is 5.10 Å². The topological polar surface area (TPSA) is 60.1 Å². The molecule has 100 valence electrons. The fourth-order valence-corrected chi connectivity index (χ4v) is 1.82. The highest BCUT2D eigenvalue weighted by Crippen LogP contribution is 2.18. The van der Waals surface area contributed by atoms with Crippen LogP contribution in [0.5, 0.6) is 0 Å². The number of carbonyl (C=O) groups excluding carboxylic acids is 1. The van der Waals surface area contributed by atoms with E-state index in [1.807, 2.05) is 40.0 Å². The fourth-order valence-electron chi connectivity index (χ4n) is 1.82. The summed E-state index contributed by atoms with van der Waals surface area (Å²) in [5.41, 5.74) is 2.48. The number of nitrogens with zero attached hydrogens (tertiary/aromatic N) is 2. The van der Waals surface area contributed by atoms with E-state index < -0.39 is 0 Å².